The molecule has 2 aromatic rings. The molecule has 2 rings (SSSR count). The summed E-state index contributed by atoms with van der Waals surface area (Å²) in [5.74, 6) is -4.30. The number of carboxylic acids is 3. The van der Waals surface area contributed by atoms with Gasteiger partial charge in [-0.05, 0) is 43.5 Å². The minimum atomic E-state index is -1.33. The summed E-state index contributed by atoms with van der Waals surface area (Å²) in [7, 11) is 1.80. The van der Waals surface area contributed by atoms with E-state index < -0.39 is 42.7 Å². The van der Waals surface area contributed by atoms with Gasteiger partial charge in [0.25, 0.3) is 0 Å². The standard InChI is InChI=1S/C23H29N3O9/c1-24-11-14-5-6-16-15(10-22(32)35-18(16)8-14)9-19(27)25-7-3-2-4-17(23(33)34)26(12-20(28)29)13-21(30)31/h5-6,8,10,17,24H,2-4,7,9,11-13H2,1H3,(H,25,27)(H,28,29)(H,30,31)(H,33,34). The van der Waals surface area contributed by atoms with E-state index in [9.17, 15) is 29.1 Å². The van der Waals surface area contributed by atoms with Gasteiger partial charge in [-0.25, -0.2) is 4.79 Å². The number of nitrogens with one attached hydrogen (secondary N) is 2. The van der Waals surface area contributed by atoms with Crippen LogP contribution >= 0.6 is 0 Å². The van der Waals surface area contributed by atoms with Crippen LogP contribution in [0.4, 0.5) is 0 Å². The van der Waals surface area contributed by atoms with E-state index in [1.54, 1.807) is 19.2 Å². The van der Waals surface area contributed by atoms with Crippen molar-refractivity contribution < 1.29 is 38.9 Å². The van der Waals surface area contributed by atoms with Gasteiger partial charge in [0, 0.05) is 24.5 Å². The summed E-state index contributed by atoms with van der Waals surface area (Å²) >= 11 is 0. The Balaban J connectivity index is 1.91. The Morgan fingerprint density at radius 3 is 2.31 bits per heavy atom. The van der Waals surface area contributed by atoms with Crippen LogP contribution < -0.4 is 16.3 Å². The van der Waals surface area contributed by atoms with Crippen molar-refractivity contribution in [3.8, 4) is 0 Å². The SMILES string of the molecule is CNCc1ccc2c(CC(=O)NCCCCC(C(=O)O)N(CC(=O)O)CC(=O)O)cc(=O)oc2c1. The molecule has 190 valence electrons. The quantitative estimate of drug-likeness (QED) is 0.170. The Kier molecular flexibility index (Phi) is 10.4. The molecule has 0 fully saturated rings. The average Bonchev–Trinajstić information content (AvgIpc) is 2.74. The third kappa shape index (κ3) is 8.83. The minimum Gasteiger partial charge on any atom is -0.480 e. The summed E-state index contributed by atoms with van der Waals surface area (Å²) < 4.78 is 5.25. The summed E-state index contributed by atoms with van der Waals surface area (Å²) in [6.07, 6.45) is 0.689. The number of rotatable bonds is 15. The van der Waals surface area contributed by atoms with E-state index in [-0.39, 0.29) is 25.3 Å². The maximum Gasteiger partial charge on any atom is 0.336 e. The van der Waals surface area contributed by atoms with E-state index in [0.717, 1.165) is 10.5 Å². The molecule has 0 aliphatic rings. The molecule has 0 aliphatic carbocycles. The first kappa shape index (κ1) is 27.5. The molecule has 0 aliphatic heterocycles. The van der Waals surface area contributed by atoms with Gasteiger partial charge in [0.15, 0.2) is 0 Å². The largest absolute Gasteiger partial charge is 0.480 e. The van der Waals surface area contributed by atoms with E-state index in [0.29, 0.717) is 35.9 Å². The van der Waals surface area contributed by atoms with Crippen molar-refractivity contribution in [2.45, 2.75) is 38.3 Å². The Morgan fingerprint density at radius 1 is 1.03 bits per heavy atom. The molecule has 0 bridgehead atoms. The maximum atomic E-state index is 12.4. The number of nitrogens with zero attached hydrogens (tertiary/aromatic N) is 1. The minimum absolute atomic E-state index is 0.0189. The lowest BCUT2D eigenvalue weighted by Crippen LogP contribution is -2.46. The van der Waals surface area contributed by atoms with Gasteiger partial charge in [-0.3, -0.25) is 24.1 Å². The van der Waals surface area contributed by atoms with Gasteiger partial charge in [0.05, 0.1) is 19.5 Å². The predicted octanol–water partition coefficient (Wildman–Crippen LogP) is 0.266. The van der Waals surface area contributed by atoms with Crippen LogP contribution in [-0.2, 0) is 32.1 Å². The lowest BCUT2D eigenvalue weighted by Gasteiger charge is -2.25. The van der Waals surface area contributed by atoms with Crippen LogP contribution in [0.15, 0.2) is 33.5 Å². The fourth-order valence-electron chi connectivity index (χ4n) is 3.75. The maximum absolute atomic E-state index is 12.4. The van der Waals surface area contributed by atoms with E-state index in [1.807, 2.05) is 6.07 Å². The van der Waals surface area contributed by atoms with E-state index >= 15 is 0 Å². The molecular weight excluding hydrogens is 462 g/mol. The molecule has 5 N–H and O–H groups in total. The summed E-state index contributed by atoms with van der Waals surface area (Å²) in [5, 5.41) is 33.6. The molecule has 1 aromatic heterocycles. The molecule has 1 heterocycles. The molecule has 1 amide bonds. The number of benzene rings is 1. The van der Waals surface area contributed by atoms with E-state index in [1.165, 1.54) is 6.07 Å². The number of carbonyl (C=O) groups excluding carboxylic acids is 1. The third-order valence-electron chi connectivity index (χ3n) is 5.26. The number of amides is 1. The number of fused-ring (bicyclic) bond motifs is 1. The Hall–Kier alpha value is -3.77. The van der Waals surface area contributed by atoms with Gasteiger partial charge < -0.3 is 30.4 Å². The van der Waals surface area contributed by atoms with Crippen LogP contribution in [-0.4, -0.2) is 76.8 Å². The number of carboxylic acid groups (broad SMARTS) is 3. The molecule has 0 saturated carbocycles. The van der Waals surface area contributed by atoms with Crippen LogP contribution in [0, 0.1) is 0 Å². The zero-order valence-electron chi connectivity index (χ0n) is 19.3. The summed E-state index contributed by atoms with van der Waals surface area (Å²) in [5.41, 5.74) is 1.28. The molecule has 1 aromatic carbocycles. The van der Waals surface area contributed by atoms with E-state index in [4.69, 9.17) is 14.6 Å². The van der Waals surface area contributed by atoms with Gasteiger partial charge in [-0.2, -0.15) is 0 Å². The number of hydrogen-bond donors (Lipinski definition) is 5. The molecule has 35 heavy (non-hydrogen) atoms. The highest BCUT2D eigenvalue weighted by Gasteiger charge is 2.28. The van der Waals surface area contributed by atoms with Gasteiger partial charge in [-0.1, -0.05) is 12.1 Å². The van der Waals surface area contributed by atoms with Crippen LogP contribution in [0.5, 0.6) is 0 Å². The topological polar surface area (TPSA) is 186 Å². The Bertz CT molecular complexity index is 1110. The van der Waals surface area contributed by atoms with Gasteiger partial charge in [0.2, 0.25) is 5.91 Å². The zero-order valence-corrected chi connectivity index (χ0v) is 19.3. The van der Waals surface area contributed by atoms with Crippen molar-refractivity contribution in [2.24, 2.45) is 0 Å². The normalized spacial score (nSPS) is 11.9. The summed E-state index contributed by atoms with van der Waals surface area (Å²) in [6, 6.07) is 5.40. The third-order valence-corrected chi connectivity index (χ3v) is 5.26. The van der Waals surface area contributed by atoms with Crippen molar-refractivity contribution in [3.05, 3.63) is 45.8 Å². The number of unbranched alkanes of at least 4 members (excludes halogenated alkanes) is 1. The average molecular weight is 491 g/mol. The van der Waals surface area contributed by atoms with Crippen molar-refractivity contribution >= 4 is 34.8 Å². The zero-order chi connectivity index (χ0) is 26.0. The fourth-order valence-corrected chi connectivity index (χ4v) is 3.75. The molecule has 1 atom stereocenters. The monoisotopic (exact) mass is 491 g/mol. The molecule has 12 nitrogen and oxygen atoms in total. The lowest BCUT2D eigenvalue weighted by atomic mass is 10.0. The van der Waals surface area contributed by atoms with Crippen molar-refractivity contribution in [2.75, 3.05) is 26.7 Å². The Labute approximate surface area is 200 Å². The summed E-state index contributed by atoms with van der Waals surface area (Å²) in [6.45, 7) is -0.600. The van der Waals surface area contributed by atoms with Gasteiger partial charge >= 0.3 is 23.5 Å². The second-order valence-electron chi connectivity index (χ2n) is 8.02. The summed E-state index contributed by atoms with van der Waals surface area (Å²) in [4.78, 5) is 58.7. The number of carbonyl (C=O) groups is 4. The first-order valence-electron chi connectivity index (χ1n) is 11.0. The van der Waals surface area contributed by atoms with Crippen molar-refractivity contribution in [1.29, 1.82) is 0 Å². The molecule has 0 spiro atoms. The van der Waals surface area contributed by atoms with Crippen LogP contribution in [0.3, 0.4) is 0 Å². The lowest BCUT2D eigenvalue weighted by molar-refractivity contribution is -0.149. The molecule has 0 radical (unpaired) electrons. The van der Waals surface area contributed by atoms with Gasteiger partial charge in [0.1, 0.15) is 11.6 Å². The second-order valence-corrected chi connectivity index (χ2v) is 8.02. The van der Waals surface area contributed by atoms with Gasteiger partial charge in [-0.15, -0.1) is 0 Å². The second kappa shape index (κ2) is 13.2. The highest BCUT2D eigenvalue weighted by Crippen LogP contribution is 2.19. The van der Waals surface area contributed by atoms with Crippen LogP contribution in [0.2, 0.25) is 0 Å². The highest BCUT2D eigenvalue weighted by molar-refractivity contribution is 5.87. The molecular formula is C23H29N3O9. The predicted molar refractivity (Wildman–Crippen MR) is 124 cm³/mol. The van der Waals surface area contributed by atoms with E-state index in [2.05, 4.69) is 10.6 Å². The molecule has 1 unspecified atom stereocenters. The number of aliphatic carboxylic acids is 3. The number of hydrogen-bond acceptors (Lipinski definition) is 8. The Morgan fingerprint density at radius 2 is 1.71 bits per heavy atom. The first-order chi connectivity index (χ1) is 16.6. The smallest absolute Gasteiger partial charge is 0.336 e. The highest BCUT2D eigenvalue weighted by atomic mass is 16.4. The molecule has 0 saturated heterocycles. The van der Waals surface area contributed by atoms with Crippen LogP contribution in [0.1, 0.15) is 30.4 Å². The first-order valence-corrected chi connectivity index (χ1v) is 11.0. The van der Waals surface area contributed by atoms with Crippen molar-refractivity contribution in [1.82, 2.24) is 15.5 Å². The fraction of sp³-hybridized carbons (Fsp3) is 0.435. The van der Waals surface area contributed by atoms with Crippen molar-refractivity contribution in [3.63, 3.8) is 0 Å². The van der Waals surface area contributed by atoms with Crippen LogP contribution in [0.25, 0.3) is 11.0 Å². The molecule has 12 heteroatoms.